The van der Waals surface area contributed by atoms with Gasteiger partial charge in [0, 0.05) is 18.4 Å². The lowest BCUT2D eigenvalue weighted by molar-refractivity contribution is -0.0109. The van der Waals surface area contributed by atoms with E-state index in [1.54, 1.807) is 0 Å². The smallest absolute Gasteiger partial charge is 0.251 e. The fraction of sp³-hybridized carbons (Fsp3) is 0.739. The normalized spacial score (nSPS) is 31.4. The van der Waals surface area contributed by atoms with E-state index in [0.717, 1.165) is 24.2 Å². The number of ether oxygens (including phenoxy) is 1. The zero-order valence-corrected chi connectivity index (χ0v) is 19.5. The van der Waals surface area contributed by atoms with Gasteiger partial charge < -0.3 is 19.4 Å². The van der Waals surface area contributed by atoms with E-state index in [9.17, 15) is 10.2 Å². The van der Waals surface area contributed by atoms with E-state index in [2.05, 4.69) is 52.9 Å². The largest absolute Gasteiger partial charge is 0.543 e. The summed E-state index contributed by atoms with van der Waals surface area (Å²) >= 11 is 0. The number of hydrogen-bond acceptors (Lipinski definition) is 4. The molecule has 1 aromatic carbocycles. The van der Waals surface area contributed by atoms with Crippen molar-refractivity contribution in [3.8, 4) is 5.75 Å². The quantitative estimate of drug-likeness (QED) is 0.644. The Labute approximate surface area is 171 Å². The van der Waals surface area contributed by atoms with Crippen LogP contribution in [-0.4, -0.2) is 37.3 Å². The molecule has 1 aromatic rings. The monoisotopic (exact) mass is 406 g/mol. The first-order chi connectivity index (χ1) is 12.9. The van der Waals surface area contributed by atoms with Crippen LogP contribution in [0.2, 0.25) is 18.1 Å². The Morgan fingerprint density at radius 1 is 1.25 bits per heavy atom. The lowest BCUT2D eigenvalue weighted by Crippen LogP contribution is -2.48. The number of aliphatic hydroxyl groups is 2. The van der Waals surface area contributed by atoms with Gasteiger partial charge in [0.1, 0.15) is 5.75 Å². The van der Waals surface area contributed by atoms with Gasteiger partial charge in [-0.05, 0) is 61.5 Å². The molecule has 2 aliphatic heterocycles. The number of fused-ring (bicyclic) bond motifs is 2. The predicted molar refractivity (Wildman–Crippen MR) is 115 cm³/mol. The Balaban J connectivity index is 1.88. The highest BCUT2D eigenvalue weighted by Gasteiger charge is 2.58. The van der Waals surface area contributed by atoms with Crippen LogP contribution in [0.25, 0.3) is 0 Å². The lowest BCUT2D eigenvalue weighted by Gasteiger charge is -2.42. The SMILES string of the molecule is CC(O)C1C[C@]2(c3cccc(O[Si](C)(C)C(C)(C)C(C)C)c3)C[C@@H](CO)[C@H]1O2. The van der Waals surface area contributed by atoms with Crippen molar-refractivity contribution in [3.63, 3.8) is 0 Å². The molecule has 3 rings (SSSR count). The van der Waals surface area contributed by atoms with Gasteiger partial charge in [-0.15, -0.1) is 0 Å². The molecule has 4 nitrogen and oxygen atoms in total. The maximum Gasteiger partial charge on any atom is 0.251 e. The zero-order chi connectivity index (χ0) is 20.9. The number of hydrogen-bond donors (Lipinski definition) is 2. The molecule has 2 heterocycles. The molecule has 2 bridgehead atoms. The second-order valence-electron chi connectivity index (χ2n) is 10.3. The van der Waals surface area contributed by atoms with Crippen molar-refractivity contribution in [1.82, 2.24) is 0 Å². The summed E-state index contributed by atoms with van der Waals surface area (Å²) in [7, 11) is -1.99. The van der Waals surface area contributed by atoms with Gasteiger partial charge in [-0.3, -0.25) is 0 Å². The molecule has 0 amide bonds. The Bertz CT molecular complexity index is 700. The van der Waals surface area contributed by atoms with Gasteiger partial charge in [-0.1, -0.05) is 39.8 Å². The third-order valence-electron chi connectivity index (χ3n) is 7.99. The molecule has 0 spiro atoms. The summed E-state index contributed by atoms with van der Waals surface area (Å²) in [6, 6.07) is 8.33. The van der Waals surface area contributed by atoms with Gasteiger partial charge in [-0.25, -0.2) is 0 Å². The third kappa shape index (κ3) is 3.55. The highest BCUT2D eigenvalue weighted by molar-refractivity contribution is 6.74. The Hall–Kier alpha value is -0.883. The highest BCUT2D eigenvalue weighted by atomic mass is 28.4. The molecule has 5 atom stereocenters. The number of benzene rings is 1. The van der Waals surface area contributed by atoms with Gasteiger partial charge in [0.2, 0.25) is 0 Å². The maximum atomic E-state index is 10.2. The molecule has 0 aliphatic carbocycles. The second-order valence-corrected chi connectivity index (χ2v) is 14.9. The van der Waals surface area contributed by atoms with Gasteiger partial charge in [0.15, 0.2) is 0 Å². The fourth-order valence-electron chi connectivity index (χ4n) is 4.89. The van der Waals surface area contributed by atoms with E-state index in [0.29, 0.717) is 5.92 Å². The zero-order valence-electron chi connectivity index (χ0n) is 18.5. The summed E-state index contributed by atoms with van der Waals surface area (Å²) in [5, 5.41) is 20.2. The van der Waals surface area contributed by atoms with E-state index >= 15 is 0 Å². The standard InChI is InChI=1S/C23H38O4Si/c1-15(2)22(4,5)28(6,7)27-19-10-8-9-18(11-19)23-12-17(14-24)21(26-23)20(13-23)16(3)25/h8-11,15-17,20-21,24-25H,12-14H2,1-7H3/t16?,17-,20?,21+,23-/m0/s1. The molecule has 2 unspecified atom stereocenters. The van der Waals surface area contributed by atoms with E-state index in [1.807, 2.05) is 19.1 Å². The minimum Gasteiger partial charge on any atom is -0.543 e. The highest BCUT2D eigenvalue weighted by Crippen LogP contribution is 2.57. The third-order valence-corrected chi connectivity index (χ3v) is 12.4. The maximum absolute atomic E-state index is 10.2. The van der Waals surface area contributed by atoms with Crippen molar-refractivity contribution in [3.05, 3.63) is 29.8 Å². The minimum atomic E-state index is -1.99. The van der Waals surface area contributed by atoms with Gasteiger partial charge in [0.25, 0.3) is 8.32 Å². The van der Waals surface area contributed by atoms with Crippen LogP contribution in [0.5, 0.6) is 5.75 Å². The fourth-order valence-corrected chi connectivity index (χ4v) is 7.26. The molecule has 0 saturated carbocycles. The molecule has 5 heteroatoms. The van der Waals surface area contributed by atoms with E-state index in [-0.39, 0.29) is 29.6 Å². The van der Waals surface area contributed by atoms with Gasteiger partial charge >= 0.3 is 0 Å². The average molecular weight is 407 g/mol. The van der Waals surface area contributed by atoms with E-state index in [1.165, 1.54) is 0 Å². The van der Waals surface area contributed by atoms with Crippen LogP contribution in [0.1, 0.15) is 53.0 Å². The molecule has 0 aromatic heterocycles. The number of aliphatic hydroxyl groups excluding tert-OH is 2. The molecule has 2 N–H and O–H groups in total. The first-order valence-electron chi connectivity index (χ1n) is 10.7. The lowest BCUT2D eigenvalue weighted by atomic mass is 9.71. The molecular weight excluding hydrogens is 368 g/mol. The van der Waals surface area contributed by atoms with Crippen molar-refractivity contribution < 1.29 is 19.4 Å². The van der Waals surface area contributed by atoms with E-state index < -0.39 is 20.0 Å². The van der Waals surface area contributed by atoms with Gasteiger partial charge in [0.05, 0.1) is 17.8 Å². The van der Waals surface area contributed by atoms with Crippen molar-refractivity contribution in [2.24, 2.45) is 17.8 Å². The Morgan fingerprint density at radius 2 is 1.93 bits per heavy atom. The predicted octanol–water partition coefficient (Wildman–Crippen LogP) is 4.70. The first-order valence-corrected chi connectivity index (χ1v) is 13.6. The van der Waals surface area contributed by atoms with Gasteiger partial charge in [-0.2, -0.15) is 0 Å². The summed E-state index contributed by atoms with van der Waals surface area (Å²) in [5.74, 6) is 1.61. The molecule has 28 heavy (non-hydrogen) atoms. The Kier molecular flexibility index (Phi) is 5.78. The molecule has 158 valence electrons. The van der Waals surface area contributed by atoms with Crippen LogP contribution >= 0.6 is 0 Å². The summed E-state index contributed by atoms with van der Waals surface area (Å²) < 4.78 is 13.1. The molecule has 2 saturated heterocycles. The van der Waals surface area contributed by atoms with Crippen LogP contribution in [-0.2, 0) is 10.3 Å². The summed E-state index contributed by atoms with van der Waals surface area (Å²) in [6.45, 7) is 15.7. The first kappa shape index (κ1) is 21.8. The van der Waals surface area contributed by atoms with Crippen molar-refractivity contribution >= 4 is 8.32 Å². The molecule has 0 radical (unpaired) electrons. The molecular formula is C23H38O4Si. The van der Waals surface area contributed by atoms with Crippen LogP contribution in [0.3, 0.4) is 0 Å². The summed E-state index contributed by atoms with van der Waals surface area (Å²) in [5.41, 5.74) is 0.694. The van der Waals surface area contributed by atoms with Crippen LogP contribution in [0.4, 0.5) is 0 Å². The summed E-state index contributed by atoms with van der Waals surface area (Å²) in [6.07, 6.45) is 1.10. The second kappa shape index (κ2) is 7.42. The van der Waals surface area contributed by atoms with Crippen LogP contribution < -0.4 is 4.43 Å². The van der Waals surface area contributed by atoms with E-state index in [4.69, 9.17) is 9.16 Å². The minimum absolute atomic E-state index is 0.0692. The Morgan fingerprint density at radius 3 is 2.50 bits per heavy atom. The van der Waals surface area contributed by atoms with Crippen molar-refractivity contribution in [2.75, 3.05) is 6.61 Å². The van der Waals surface area contributed by atoms with Crippen LogP contribution in [0.15, 0.2) is 24.3 Å². The van der Waals surface area contributed by atoms with Crippen molar-refractivity contribution in [1.29, 1.82) is 0 Å². The average Bonchev–Trinajstić information content (AvgIpc) is 3.18. The molecule has 2 aliphatic rings. The van der Waals surface area contributed by atoms with Crippen molar-refractivity contribution in [2.45, 2.75) is 83.4 Å². The number of rotatable bonds is 7. The topological polar surface area (TPSA) is 58.9 Å². The van der Waals surface area contributed by atoms with Crippen LogP contribution in [0, 0.1) is 17.8 Å². The summed E-state index contributed by atoms with van der Waals surface area (Å²) in [4.78, 5) is 0. The molecule has 2 fully saturated rings.